The van der Waals surface area contributed by atoms with Crippen molar-refractivity contribution in [1.82, 2.24) is 10.6 Å². The van der Waals surface area contributed by atoms with Gasteiger partial charge in [0.1, 0.15) is 0 Å². The van der Waals surface area contributed by atoms with E-state index in [0.29, 0.717) is 12.5 Å². The lowest BCUT2D eigenvalue weighted by atomic mass is 10.1. The fourth-order valence-electron chi connectivity index (χ4n) is 2.34. The highest BCUT2D eigenvalue weighted by Crippen LogP contribution is 2.17. The van der Waals surface area contributed by atoms with Crippen LogP contribution in [-0.4, -0.2) is 33.2 Å². The maximum Gasteiger partial charge on any atom is 0.191 e. The lowest BCUT2D eigenvalue weighted by Crippen LogP contribution is -2.41. The minimum atomic E-state index is 0. The summed E-state index contributed by atoms with van der Waals surface area (Å²) in [5, 5.41) is 11.0. The Bertz CT molecular complexity index is 590. The molecule has 6 heteroatoms. The number of nitrogens with zero attached hydrogens (tertiary/aromatic N) is 1. The number of methoxy groups -OCH3 is 1. The van der Waals surface area contributed by atoms with Gasteiger partial charge in [-0.05, 0) is 33.9 Å². The van der Waals surface area contributed by atoms with Gasteiger partial charge in [-0.1, -0.05) is 37.3 Å². The zero-order valence-electron chi connectivity index (χ0n) is 14.4. The van der Waals surface area contributed by atoms with Gasteiger partial charge in [-0.3, -0.25) is 4.99 Å². The van der Waals surface area contributed by atoms with E-state index >= 15 is 0 Å². The summed E-state index contributed by atoms with van der Waals surface area (Å²) in [6.07, 6.45) is 0.00375. The van der Waals surface area contributed by atoms with Crippen LogP contribution in [0.1, 0.15) is 30.1 Å². The highest BCUT2D eigenvalue weighted by Gasteiger charge is 2.11. The predicted octanol–water partition coefficient (Wildman–Crippen LogP) is 4.02. The number of halogens is 1. The number of hydrogen-bond donors (Lipinski definition) is 2. The van der Waals surface area contributed by atoms with Crippen molar-refractivity contribution in [3.05, 3.63) is 58.3 Å². The highest BCUT2D eigenvalue weighted by atomic mass is 127. The number of thiophene rings is 1. The Hall–Kier alpha value is -1.12. The summed E-state index contributed by atoms with van der Waals surface area (Å²) in [5.41, 5.74) is 2.52. The van der Waals surface area contributed by atoms with Crippen molar-refractivity contribution in [2.75, 3.05) is 27.2 Å². The summed E-state index contributed by atoms with van der Waals surface area (Å²) in [5.74, 6) is 1.25. The maximum absolute atomic E-state index is 5.57. The molecule has 2 unspecified atom stereocenters. The van der Waals surface area contributed by atoms with Gasteiger partial charge in [0.2, 0.25) is 0 Å². The van der Waals surface area contributed by atoms with E-state index in [4.69, 9.17) is 4.74 Å². The molecule has 0 aliphatic heterocycles. The molecule has 2 atom stereocenters. The first-order chi connectivity index (χ1) is 11.2. The number of nitrogens with one attached hydrogen (secondary N) is 2. The second kappa shape index (κ2) is 11.4. The molecule has 0 amide bonds. The number of hydrogen-bond acceptors (Lipinski definition) is 3. The van der Waals surface area contributed by atoms with E-state index < -0.39 is 0 Å². The van der Waals surface area contributed by atoms with E-state index in [9.17, 15) is 0 Å². The summed E-state index contributed by atoms with van der Waals surface area (Å²) >= 11 is 1.73. The summed E-state index contributed by atoms with van der Waals surface area (Å²) in [6.45, 7) is 3.73. The Morgan fingerprint density at radius 1 is 1.12 bits per heavy atom. The average Bonchev–Trinajstić information content (AvgIpc) is 3.13. The Kier molecular flexibility index (Phi) is 9.97. The normalized spacial score (nSPS) is 13.7. The fraction of sp³-hybridized carbons (Fsp3) is 0.389. The van der Waals surface area contributed by atoms with E-state index in [1.165, 1.54) is 5.56 Å². The molecule has 0 spiro atoms. The maximum atomic E-state index is 5.57. The van der Waals surface area contributed by atoms with Crippen LogP contribution >= 0.6 is 35.3 Å². The van der Waals surface area contributed by atoms with Crippen LogP contribution in [0.4, 0.5) is 0 Å². The lowest BCUT2D eigenvalue weighted by molar-refractivity contribution is 0.106. The van der Waals surface area contributed by atoms with Crippen LogP contribution in [0.25, 0.3) is 0 Å². The number of rotatable bonds is 7. The summed E-state index contributed by atoms with van der Waals surface area (Å²) in [6, 6.07) is 12.4. The van der Waals surface area contributed by atoms with Crippen molar-refractivity contribution in [3.8, 4) is 0 Å². The molecule has 24 heavy (non-hydrogen) atoms. The third kappa shape index (κ3) is 6.41. The molecular formula is C18H26IN3OS. The molecule has 0 saturated heterocycles. The van der Waals surface area contributed by atoms with E-state index in [1.807, 2.05) is 18.2 Å². The number of aliphatic imine (C=N–C) groups is 1. The standard InChI is InChI=1S/C18H25N3OS.HI/c1-14(16-9-10-23-13-16)11-20-18(19-2)21-12-17(22-3)15-7-5-4-6-8-15;/h4-10,13-14,17H,11-12H2,1-3H3,(H2,19,20,21);1H. The van der Waals surface area contributed by atoms with Crippen LogP contribution in [0.3, 0.4) is 0 Å². The predicted molar refractivity (Wildman–Crippen MR) is 114 cm³/mol. The first kappa shape index (κ1) is 20.9. The first-order valence-electron chi connectivity index (χ1n) is 7.79. The minimum Gasteiger partial charge on any atom is -0.375 e. The van der Waals surface area contributed by atoms with Crippen LogP contribution in [0, 0.1) is 0 Å². The molecule has 2 N–H and O–H groups in total. The van der Waals surface area contributed by atoms with Gasteiger partial charge in [-0.25, -0.2) is 0 Å². The SMILES string of the molecule is CN=C(NCC(C)c1ccsc1)NCC(OC)c1ccccc1.I. The van der Waals surface area contributed by atoms with Crippen molar-refractivity contribution in [2.24, 2.45) is 4.99 Å². The van der Waals surface area contributed by atoms with Crippen LogP contribution < -0.4 is 10.6 Å². The Morgan fingerprint density at radius 3 is 2.42 bits per heavy atom. The lowest BCUT2D eigenvalue weighted by Gasteiger charge is -2.20. The topological polar surface area (TPSA) is 45.7 Å². The number of guanidine groups is 1. The van der Waals surface area contributed by atoms with Gasteiger partial charge in [-0.15, -0.1) is 24.0 Å². The highest BCUT2D eigenvalue weighted by molar-refractivity contribution is 14.0. The molecule has 0 aliphatic rings. The molecule has 0 fully saturated rings. The summed E-state index contributed by atoms with van der Waals surface area (Å²) < 4.78 is 5.57. The molecule has 1 aromatic carbocycles. The molecule has 4 nitrogen and oxygen atoms in total. The van der Waals surface area contributed by atoms with Gasteiger partial charge < -0.3 is 15.4 Å². The molecule has 0 aliphatic carbocycles. The molecule has 0 saturated carbocycles. The summed E-state index contributed by atoms with van der Waals surface area (Å²) in [4.78, 5) is 4.28. The molecule has 0 radical (unpaired) electrons. The molecule has 1 heterocycles. The van der Waals surface area contributed by atoms with Gasteiger partial charge in [0.05, 0.1) is 6.10 Å². The monoisotopic (exact) mass is 459 g/mol. The Balaban J connectivity index is 0.00000288. The van der Waals surface area contributed by atoms with E-state index in [0.717, 1.165) is 18.1 Å². The van der Waals surface area contributed by atoms with E-state index in [-0.39, 0.29) is 30.1 Å². The number of ether oxygens (including phenoxy) is 1. The van der Waals surface area contributed by atoms with Gasteiger partial charge in [0.15, 0.2) is 5.96 Å². The summed E-state index contributed by atoms with van der Waals surface area (Å²) in [7, 11) is 3.52. The molecule has 1 aromatic heterocycles. The molecule has 2 aromatic rings. The van der Waals surface area contributed by atoms with Crippen LogP contribution in [0.15, 0.2) is 52.2 Å². The van der Waals surface area contributed by atoms with Crippen LogP contribution in [0.2, 0.25) is 0 Å². The van der Waals surface area contributed by atoms with Crippen molar-refractivity contribution in [1.29, 1.82) is 0 Å². The second-order valence-electron chi connectivity index (χ2n) is 5.43. The van der Waals surface area contributed by atoms with E-state index in [1.54, 1.807) is 25.5 Å². The van der Waals surface area contributed by atoms with Crippen molar-refractivity contribution >= 4 is 41.3 Å². The number of benzene rings is 1. The van der Waals surface area contributed by atoms with Crippen molar-refractivity contribution in [2.45, 2.75) is 18.9 Å². The zero-order chi connectivity index (χ0) is 16.5. The Morgan fingerprint density at radius 2 is 1.83 bits per heavy atom. The second-order valence-corrected chi connectivity index (χ2v) is 6.21. The molecule has 132 valence electrons. The smallest absolute Gasteiger partial charge is 0.191 e. The average molecular weight is 459 g/mol. The van der Waals surface area contributed by atoms with E-state index in [2.05, 4.69) is 51.5 Å². The van der Waals surface area contributed by atoms with Crippen LogP contribution in [0.5, 0.6) is 0 Å². The first-order valence-corrected chi connectivity index (χ1v) is 8.73. The minimum absolute atomic E-state index is 0. The molecule has 0 bridgehead atoms. The third-order valence-electron chi connectivity index (χ3n) is 3.82. The molecule has 2 rings (SSSR count). The van der Waals surface area contributed by atoms with Gasteiger partial charge in [0.25, 0.3) is 0 Å². The fourth-order valence-corrected chi connectivity index (χ4v) is 3.12. The molecular weight excluding hydrogens is 433 g/mol. The van der Waals surface area contributed by atoms with Gasteiger partial charge in [-0.2, -0.15) is 11.3 Å². The van der Waals surface area contributed by atoms with Crippen LogP contribution in [-0.2, 0) is 4.74 Å². The van der Waals surface area contributed by atoms with Crippen molar-refractivity contribution < 1.29 is 4.74 Å². The largest absolute Gasteiger partial charge is 0.375 e. The van der Waals surface area contributed by atoms with Gasteiger partial charge >= 0.3 is 0 Å². The van der Waals surface area contributed by atoms with Gasteiger partial charge in [0, 0.05) is 27.2 Å². The van der Waals surface area contributed by atoms with Crippen molar-refractivity contribution in [3.63, 3.8) is 0 Å². The quantitative estimate of drug-likeness (QED) is 0.374. The Labute approximate surface area is 165 Å². The zero-order valence-corrected chi connectivity index (χ0v) is 17.5. The third-order valence-corrected chi connectivity index (χ3v) is 4.52.